The number of hydrogen-bond acceptors (Lipinski definition) is 5. The molecule has 1 fully saturated rings. The van der Waals surface area contributed by atoms with Crippen LogP contribution in [0.4, 0.5) is 10.5 Å². The minimum atomic E-state index is -0.469. The maximum atomic E-state index is 12.5. The second-order valence-corrected chi connectivity index (χ2v) is 7.18. The van der Waals surface area contributed by atoms with E-state index in [9.17, 15) is 14.4 Å². The van der Waals surface area contributed by atoms with Gasteiger partial charge in [-0.15, -0.1) is 0 Å². The third-order valence-electron chi connectivity index (χ3n) is 4.00. The predicted molar refractivity (Wildman–Crippen MR) is 110 cm³/mol. The molecule has 0 saturated carbocycles. The molecule has 3 rings (SSSR count). The van der Waals surface area contributed by atoms with Crippen LogP contribution in [0.15, 0.2) is 53.4 Å². The molecular weight excluding hydrogens is 376 g/mol. The average molecular weight is 396 g/mol. The van der Waals surface area contributed by atoms with E-state index in [-0.39, 0.29) is 11.4 Å². The Kier molecular flexibility index (Phi) is 6.16. The first-order valence-corrected chi connectivity index (χ1v) is 9.62. The zero-order valence-electron chi connectivity index (χ0n) is 15.6. The van der Waals surface area contributed by atoms with Crippen LogP contribution in [-0.2, 0) is 9.59 Å². The summed E-state index contributed by atoms with van der Waals surface area (Å²) in [6.45, 7) is 4.10. The summed E-state index contributed by atoms with van der Waals surface area (Å²) in [5.41, 5.74) is 2.47. The molecule has 0 unspecified atom stereocenters. The van der Waals surface area contributed by atoms with Crippen LogP contribution < -0.4 is 10.1 Å². The third-order valence-corrected chi connectivity index (χ3v) is 4.91. The van der Waals surface area contributed by atoms with E-state index in [0.29, 0.717) is 12.3 Å². The van der Waals surface area contributed by atoms with Crippen LogP contribution in [0.3, 0.4) is 0 Å². The molecule has 0 aliphatic carbocycles. The van der Waals surface area contributed by atoms with Crippen LogP contribution in [-0.4, -0.2) is 35.1 Å². The minimum absolute atomic E-state index is 0.289. The average Bonchev–Trinajstić information content (AvgIpc) is 2.93. The van der Waals surface area contributed by atoms with Gasteiger partial charge in [-0.05, 0) is 61.5 Å². The summed E-state index contributed by atoms with van der Waals surface area (Å²) < 4.78 is 5.39. The Morgan fingerprint density at radius 1 is 1.11 bits per heavy atom. The van der Waals surface area contributed by atoms with Crippen molar-refractivity contribution in [3.8, 4) is 5.75 Å². The van der Waals surface area contributed by atoms with E-state index in [1.54, 1.807) is 30.3 Å². The number of imide groups is 1. The number of nitrogens with one attached hydrogen (secondary N) is 1. The molecule has 6 nitrogen and oxygen atoms in total. The van der Waals surface area contributed by atoms with Gasteiger partial charge >= 0.3 is 0 Å². The minimum Gasteiger partial charge on any atom is -0.494 e. The molecule has 144 valence electrons. The van der Waals surface area contributed by atoms with Crippen LogP contribution >= 0.6 is 11.8 Å². The van der Waals surface area contributed by atoms with Crippen LogP contribution in [0.5, 0.6) is 5.75 Å². The first kappa shape index (κ1) is 19.7. The monoisotopic (exact) mass is 396 g/mol. The highest BCUT2D eigenvalue weighted by molar-refractivity contribution is 8.18. The summed E-state index contributed by atoms with van der Waals surface area (Å²) in [5.74, 6) is -0.156. The summed E-state index contributed by atoms with van der Waals surface area (Å²) in [6, 6.07) is 14.5. The number of anilines is 1. The van der Waals surface area contributed by atoms with E-state index in [2.05, 4.69) is 5.32 Å². The SMILES string of the molecule is CCOc1ccc(/C=C2/SC(=O)N(CC(=O)Nc3ccc(C)cc3)C2=O)cc1. The molecule has 1 N–H and O–H groups in total. The lowest BCUT2D eigenvalue weighted by molar-refractivity contribution is -0.127. The van der Waals surface area contributed by atoms with Gasteiger partial charge in [0.15, 0.2) is 0 Å². The first-order valence-electron chi connectivity index (χ1n) is 8.81. The highest BCUT2D eigenvalue weighted by Gasteiger charge is 2.36. The van der Waals surface area contributed by atoms with Crippen LogP contribution in [0.25, 0.3) is 6.08 Å². The van der Waals surface area contributed by atoms with Crippen molar-refractivity contribution in [2.45, 2.75) is 13.8 Å². The van der Waals surface area contributed by atoms with Crippen molar-refractivity contribution in [1.29, 1.82) is 0 Å². The van der Waals surface area contributed by atoms with E-state index in [1.165, 1.54) is 0 Å². The van der Waals surface area contributed by atoms with Gasteiger partial charge in [-0.1, -0.05) is 29.8 Å². The van der Waals surface area contributed by atoms with Gasteiger partial charge in [-0.3, -0.25) is 19.3 Å². The first-order chi connectivity index (χ1) is 13.5. The largest absolute Gasteiger partial charge is 0.494 e. The number of ether oxygens (including phenoxy) is 1. The van der Waals surface area contributed by atoms with E-state index in [4.69, 9.17) is 4.74 Å². The maximum Gasteiger partial charge on any atom is 0.294 e. The summed E-state index contributed by atoms with van der Waals surface area (Å²) in [5, 5.41) is 2.23. The number of carbonyl (C=O) groups excluding carboxylic acids is 3. The lowest BCUT2D eigenvalue weighted by Gasteiger charge is -2.12. The van der Waals surface area contributed by atoms with Crippen LogP contribution in [0.1, 0.15) is 18.1 Å². The predicted octanol–water partition coefficient (Wildman–Crippen LogP) is 4.07. The normalized spacial score (nSPS) is 15.2. The van der Waals surface area contributed by atoms with Gasteiger partial charge in [0.1, 0.15) is 12.3 Å². The number of rotatable bonds is 6. The lowest BCUT2D eigenvalue weighted by Crippen LogP contribution is -2.36. The number of nitrogens with zero attached hydrogens (tertiary/aromatic N) is 1. The Morgan fingerprint density at radius 3 is 2.43 bits per heavy atom. The number of hydrogen-bond donors (Lipinski definition) is 1. The van der Waals surface area contributed by atoms with Crippen molar-refractivity contribution in [3.63, 3.8) is 0 Å². The fourth-order valence-corrected chi connectivity index (χ4v) is 3.43. The molecule has 3 amide bonds. The van der Waals surface area contributed by atoms with Gasteiger partial charge < -0.3 is 10.1 Å². The van der Waals surface area contributed by atoms with E-state index in [1.807, 2.05) is 38.1 Å². The lowest BCUT2D eigenvalue weighted by atomic mass is 10.2. The molecule has 0 aromatic heterocycles. The number of benzene rings is 2. The molecule has 7 heteroatoms. The van der Waals surface area contributed by atoms with Crippen LogP contribution in [0, 0.1) is 6.92 Å². The number of aryl methyl sites for hydroxylation is 1. The van der Waals surface area contributed by atoms with E-state index < -0.39 is 17.1 Å². The van der Waals surface area contributed by atoms with Crippen molar-refractivity contribution in [3.05, 3.63) is 64.6 Å². The molecule has 1 aliphatic heterocycles. The molecule has 28 heavy (non-hydrogen) atoms. The molecule has 1 saturated heterocycles. The maximum absolute atomic E-state index is 12.5. The smallest absolute Gasteiger partial charge is 0.294 e. The number of thioether (sulfide) groups is 1. The Labute approximate surface area is 167 Å². The summed E-state index contributed by atoms with van der Waals surface area (Å²) >= 11 is 0.829. The van der Waals surface area contributed by atoms with Crippen molar-refractivity contribution >= 4 is 40.6 Å². The van der Waals surface area contributed by atoms with Crippen molar-refractivity contribution in [2.75, 3.05) is 18.5 Å². The number of amides is 3. The van der Waals surface area contributed by atoms with Crippen molar-refractivity contribution < 1.29 is 19.1 Å². The summed E-state index contributed by atoms with van der Waals surface area (Å²) in [7, 11) is 0. The molecule has 1 aliphatic rings. The summed E-state index contributed by atoms with van der Waals surface area (Å²) in [4.78, 5) is 38.2. The van der Waals surface area contributed by atoms with Gasteiger partial charge in [-0.2, -0.15) is 0 Å². The Balaban J connectivity index is 1.65. The Bertz CT molecular complexity index is 920. The molecule has 0 spiro atoms. The summed E-state index contributed by atoms with van der Waals surface area (Å²) in [6.07, 6.45) is 1.64. The molecule has 2 aromatic rings. The van der Waals surface area contributed by atoms with Crippen LogP contribution in [0.2, 0.25) is 0 Å². The third kappa shape index (κ3) is 4.80. The van der Waals surface area contributed by atoms with Gasteiger partial charge in [0.05, 0.1) is 11.5 Å². The Morgan fingerprint density at radius 2 is 1.79 bits per heavy atom. The fraction of sp³-hybridized carbons (Fsp3) is 0.190. The van der Waals surface area contributed by atoms with Crippen molar-refractivity contribution in [2.24, 2.45) is 0 Å². The molecule has 0 atom stereocenters. The Hall–Kier alpha value is -3.06. The molecule has 0 radical (unpaired) electrons. The van der Waals surface area contributed by atoms with E-state index in [0.717, 1.165) is 33.5 Å². The highest BCUT2D eigenvalue weighted by Crippen LogP contribution is 2.32. The standard InChI is InChI=1S/C21H20N2O4S/c1-3-27-17-10-6-15(7-11-17)12-18-20(25)23(21(26)28-18)13-19(24)22-16-8-4-14(2)5-9-16/h4-12H,3,13H2,1-2H3,(H,22,24)/b18-12+. The molecular formula is C21H20N2O4S. The topological polar surface area (TPSA) is 75.7 Å². The fourth-order valence-electron chi connectivity index (χ4n) is 2.60. The molecule has 1 heterocycles. The zero-order valence-corrected chi connectivity index (χ0v) is 16.4. The van der Waals surface area contributed by atoms with Gasteiger partial charge in [0, 0.05) is 5.69 Å². The van der Waals surface area contributed by atoms with Gasteiger partial charge in [0.25, 0.3) is 11.1 Å². The van der Waals surface area contributed by atoms with Gasteiger partial charge in [-0.25, -0.2) is 0 Å². The van der Waals surface area contributed by atoms with Gasteiger partial charge in [0.2, 0.25) is 5.91 Å². The zero-order chi connectivity index (χ0) is 20.1. The highest BCUT2D eigenvalue weighted by atomic mass is 32.2. The number of carbonyl (C=O) groups is 3. The second-order valence-electron chi connectivity index (χ2n) is 6.18. The molecule has 0 bridgehead atoms. The van der Waals surface area contributed by atoms with Crippen molar-refractivity contribution in [1.82, 2.24) is 4.90 Å². The quantitative estimate of drug-likeness (QED) is 0.745. The molecule has 2 aromatic carbocycles. The van der Waals surface area contributed by atoms with E-state index >= 15 is 0 Å². The second kappa shape index (κ2) is 8.75.